The van der Waals surface area contributed by atoms with Gasteiger partial charge in [0.25, 0.3) is 0 Å². The van der Waals surface area contributed by atoms with Crippen LogP contribution in [0.15, 0.2) is 6.20 Å². The summed E-state index contributed by atoms with van der Waals surface area (Å²) in [6, 6.07) is 0.386. The van der Waals surface area contributed by atoms with Crippen molar-refractivity contribution in [1.29, 1.82) is 0 Å². The van der Waals surface area contributed by atoms with Gasteiger partial charge in [0.05, 0.1) is 11.6 Å². The summed E-state index contributed by atoms with van der Waals surface area (Å²) < 4.78 is 0. The fourth-order valence-corrected chi connectivity index (χ4v) is 2.00. The zero-order valence-corrected chi connectivity index (χ0v) is 11.8. The lowest BCUT2D eigenvalue weighted by Gasteiger charge is -2.14. The molecule has 0 amide bonds. The van der Waals surface area contributed by atoms with Gasteiger partial charge in [-0.1, -0.05) is 20.3 Å². The maximum atomic E-state index is 4.54. The summed E-state index contributed by atoms with van der Waals surface area (Å²) in [5, 5.41) is 14.5. The van der Waals surface area contributed by atoms with E-state index in [1.807, 2.05) is 0 Å². The second-order valence-electron chi connectivity index (χ2n) is 4.79. The average Bonchev–Trinajstić information content (AvgIpc) is 2.85. The number of nitrogens with zero attached hydrogens (tertiary/aromatic N) is 3. The fourth-order valence-electron chi connectivity index (χ4n) is 2.00. The van der Waals surface area contributed by atoms with E-state index >= 15 is 0 Å². The maximum absolute atomic E-state index is 4.54. The van der Waals surface area contributed by atoms with Crippen molar-refractivity contribution in [2.45, 2.75) is 46.1 Å². The third-order valence-electron chi connectivity index (χ3n) is 2.95. The Morgan fingerprint density at radius 3 is 2.84 bits per heavy atom. The van der Waals surface area contributed by atoms with Crippen LogP contribution in [0.1, 0.15) is 40.0 Å². The van der Waals surface area contributed by atoms with E-state index in [2.05, 4.69) is 51.6 Å². The highest BCUT2D eigenvalue weighted by atomic mass is 15.2. The topological polar surface area (TPSA) is 78.5 Å². The molecular weight excluding hydrogens is 240 g/mol. The number of rotatable bonds is 7. The van der Waals surface area contributed by atoms with Crippen molar-refractivity contribution in [3.63, 3.8) is 0 Å². The summed E-state index contributed by atoms with van der Waals surface area (Å²) in [6.45, 7) is 7.32. The SMILES string of the molecule is CCCNc1nc(NC(C)CCC)c2cn[nH]c2n1. The molecule has 0 aliphatic rings. The molecule has 1 unspecified atom stereocenters. The van der Waals surface area contributed by atoms with Gasteiger partial charge < -0.3 is 10.6 Å². The predicted molar refractivity (Wildman–Crippen MR) is 78.5 cm³/mol. The Balaban J connectivity index is 2.25. The molecule has 6 nitrogen and oxygen atoms in total. The Labute approximate surface area is 113 Å². The molecule has 2 aromatic heterocycles. The molecule has 2 aromatic rings. The molecule has 0 spiro atoms. The van der Waals surface area contributed by atoms with Gasteiger partial charge >= 0.3 is 0 Å². The molecule has 0 aliphatic carbocycles. The summed E-state index contributed by atoms with van der Waals surface area (Å²) >= 11 is 0. The van der Waals surface area contributed by atoms with E-state index in [-0.39, 0.29) is 0 Å². The van der Waals surface area contributed by atoms with Gasteiger partial charge in [-0.15, -0.1) is 0 Å². The number of H-pyrrole nitrogens is 1. The van der Waals surface area contributed by atoms with Crippen molar-refractivity contribution in [1.82, 2.24) is 20.2 Å². The minimum atomic E-state index is 0.386. The average molecular weight is 262 g/mol. The smallest absolute Gasteiger partial charge is 0.226 e. The van der Waals surface area contributed by atoms with Crippen molar-refractivity contribution in [3.05, 3.63) is 6.20 Å². The van der Waals surface area contributed by atoms with Crippen LogP contribution in [0.3, 0.4) is 0 Å². The third-order valence-corrected chi connectivity index (χ3v) is 2.95. The molecule has 0 aromatic carbocycles. The summed E-state index contributed by atoms with van der Waals surface area (Å²) in [7, 11) is 0. The minimum Gasteiger partial charge on any atom is -0.367 e. The largest absolute Gasteiger partial charge is 0.367 e. The summed E-state index contributed by atoms with van der Waals surface area (Å²) in [4.78, 5) is 8.95. The lowest BCUT2D eigenvalue weighted by molar-refractivity contribution is 0.688. The third kappa shape index (κ3) is 3.33. The lowest BCUT2D eigenvalue weighted by Crippen LogP contribution is -2.16. The van der Waals surface area contributed by atoms with Gasteiger partial charge in [0.2, 0.25) is 5.95 Å². The second-order valence-corrected chi connectivity index (χ2v) is 4.79. The van der Waals surface area contributed by atoms with E-state index < -0.39 is 0 Å². The highest BCUT2D eigenvalue weighted by Gasteiger charge is 2.11. The molecule has 0 fully saturated rings. The van der Waals surface area contributed by atoms with Crippen molar-refractivity contribution in [3.8, 4) is 0 Å². The molecule has 2 rings (SSSR count). The monoisotopic (exact) mass is 262 g/mol. The van der Waals surface area contributed by atoms with E-state index in [9.17, 15) is 0 Å². The summed E-state index contributed by atoms with van der Waals surface area (Å²) in [5.41, 5.74) is 0.764. The molecule has 1 atom stereocenters. The first-order valence-electron chi connectivity index (χ1n) is 6.96. The molecule has 3 N–H and O–H groups in total. The maximum Gasteiger partial charge on any atom is 0.226 e. The molecule has 0 radical (unpaired) electrons. The van der Waals surface area contributed by atoms with Gasteiger partial charge in [-0.25, -0.2) is 0 Å². The molecule has 104 valence electrons. The highest BCUT2D eigenvalue weighted by molar-refractivity contribution is 5.87. The van der Waals surface area contributed by atoms with Crippen LogP contribution in [0.2, 0.25) is 0 Å². The van der Waals surface area contributed by atoms with Gasteiger partial charge in [0.15, 0.2) is 5.65 Å². The zero-order valence-electron chi connectivity index (χ0n) is 11.8. The van der Waals surface area contributed by atoms with E-state index in [0.717, 1.165) is 42.7 Å². The lowest BCUT2D eigenvalue weighted by atomic mass is 10.2. The normalized spacial score (nSPS) is 12.6. The molecule has 19 heavy (non-hydrogen) atoms. The van der Waals surface area contributed by atoms with E-state index in [0.29, 0.717) is 12.0 Å². The van der Waals surface area contributed by atoms with Crippen LogP contribution in [0.5, 0.6) is 0 Å². The van der Waals surface area contributed by atoms with Crippen molar-refractivity contribution < 1.29 is 0 Å². The number of hydrogen-bond donors (Lipinski definition) is 3. The molecule has 0 saturated carbocycles. The predicted octanol–water partition coefficient (Wildman–Crippen LogP) is 2.78. The van der Waals surface area contributed by atoms with Gasteiger partial charge in [-0.05, 0) is 19.8 Å². The molecule has 0 aliphatic heterocycles. The van der Waals surface area contributed by atoms with E-state index in [1.165, 1.54) is 0 Å². The van der Waals surface area contributed by atoms with Crippen molar-refractivity contribution in [2.24, 2.45) is 0 Å². The van der Waals surface area contributed by atoms with Crippen LogP contribution in [-0.2, 0) is 0 Å². The Morgan fingerprint density at radius 2 is 2.11 bits per heavy atom. The molecule has 0 saturated heterocycles. The summed E-state index contributed by atoms with van der Waals surface area (Å²) in [6.07, 6.45) is 5.06. The first-order valence-corrected chi connectivity index (χ1v) is 6.96. The standard InChI is InChI=1S/C13H22N6/c1-4-6-9(3)16-11-10-8-15-19-12(10)18-13(17-11)14-7-5-2/h8-9H,4-7H2,1-3H3,(H3,14,15,16,17,18,19). The Bertz CT molecular complexity index is 521. The molecule has 6 heteroatoms. The molecule has 2 heterocycles. The number of nitrogens with one attached hydrogen (secondary N) is 3. The van der Waals surface area contributed by atoms with E-state index in [4.69, 9.17) is 0 Å². The van der Waals surface area contributed by atoms with Crippen LogP contribution in [-0.4, -0.2) is 32.8 Å². The number of aromatic amines is 1. The Hall–Kier alpha value is -1.85. The highest BCUT2D eigenvalue weighted by Crippen LogP contribution is 2.21. The van der Waals surface area contributed by atoms with E-state index in [1.54, 1.807) is 6.20 Å². The zero-order chi connectivity index (χ0) is 13.7. The Kier molecular flexibility index (Phi) is 4.54. The van der Waals surface area contributed by atoms with Crippen LogP contribution in [0, 0.1) is 0 Å². The Morgan fingerprint density at radius 1 is 1.26 bits per heavy atom. The molecular formula is C13H22N6. The summed E-state index contributed by atoms with van der Waals surface area (Å²) in [5.74, 6) is 1.49. The fraction of sp³-hybridized carbons (Fsp3) is 0.615. The van der Waals surface area contributed by atoms with Gasteiger partial charge in [0, 0.05) is 12.6 Å². The van der Waals surface area contributed by atoms with Gasteiger partial charge in [-0.2, -0.15) is 15.1 Å². The van der Waals surface area contributed by atoms with Crippen molar-refractivity contribution >= 4 is 22.8 Å². The van der Waals surface area contributed by atoms with Gasteiger partial charge in [0.1, 0.15) is 5.82 Å². The first-order chi connectivity index (χ1) is 9.24. The number of anilines is 2. The number of fused-ring (bicyclic) bond motifs is 1. The minimum absolute atomic E-state index is 0.386. The van der Waals surface area contributed by atoms with Crippen LogP contribution < -0.4 is 10.6 Å². The van der Waals surface area contributed by atoms with Crippen LogP contribution in [0.25, 0.3) is 11.0 Å². The first kappa shape index (κ1) is 13.6. The quantitative estimate of drug-likeness (QED) is 0.715. The van der Waals surface area contributed by atoms with Crippen molar-refractivity contribution in [2.75, 3.05) is 17.2 Å². The molecule has 0 bridgehead atoms. The second kappa shape index (κ2) is 6.36. The number of hydrogen-bond acceptors (Lipinski definition) is 5. The van der Waals surface area contributed by atoms with Crippen LogP contribution >= 0.6 is 0 Å². The van der Waals surface area contributed by atoms with Crippen LogP contribution in [0.4, 0.5) is 11.8 Å². The van der Waals surface area contributed by atoms with Gasteiger partial charge in [-0.3, -0.25) is 5.10 Å². The number of aromatic nitrogens is 4.